The van der Waals surface area contributed by atoms with E-state index in [0.29, 0.717) is 23.4 Å². The number of ether oxygens (including phenoxy) is 2. The van der Waals surface area contributed by atoms with Gasteiger partial charge in [-0.15, -0.1) is 10.2 Å². The number of anilines is 1. The Labute approximate surface area is 197 Å². The fourth-order valence-corrected chi connectivity index (χ4v) is 5.24. The lowest BCUT2D eigenvalue weighted by Gasteiger charge is -2.59. The highest BCUT2D eigenvalue weighted by molar-refractivity contribution is 6.33. The molecule has 1 spiro atoms. The molecule has 2 aromatic rings. The average molecular weight is 477 g/mol. The first-order valence-electron chi connectivity index (χ1n) is 10.8. The number of amides is 1. The molecule has 1 aromatic carbocycles. The van der Waals surface area contributed by atoms with Gasteiger partial charge in [0, 0.05) is 36.7 Å². The summed E-state index contributed by atoms with van der Waals surface area (Å²) in [5, 5.41) is 8.40. The first-order valence-corrected chi connectivity index (χ1v) is 11.6. The van der Waals surface area contributed by atoms with Gasteiger partial charge in [-0.1, -0.05) is 35.3 Å². The Morgan fingerprint density at radius 3 is 2.62 bits per heavy atom. The van der Waals surface area contributed by atoms with E-state index in [9.17, 15) is 4.79 Å². The number of rotatable bonds is 3. The minimum absolute atomic E-state index is 0.175. The molecular weight excluding hydrogens is 451 g/mol. The number of carbonyl (C=O) groups is 1. The van der Waals surface area contributed by atoms with E-state index in [0.717, 1.165) is 48.5 Å². The van der Waals surface area contributed by atoms with Crippen molar-refractivity contribution in [2.24, 2.45) is 5.41 Å². The molecule has 1 amide bonds. The molecule has 9 heteroatoms. The van der Waals surface area contributed by atoms with Gasteiger partial charge in [-0.05, 0) is 45.2 Å². The van der Waals surface area contributed by atoms with Crippen molar-refractivity contribution in [3.8, 4) is 5.75 Å². The maximum Gasteiger partial charge on any atom is 0.410 e. The first kappa shape index (κ1) is 21.6. The molecule has 0 radical (unpaired) electrons. The van der Waals surface area contributed by atoms with E-state index >= 15 is 0 Å². The molecule has 170 valence electrons. The van der Waals surface area contributed by atoms with Crippen LogP contribution in [-0.2, 0) is 17.8 Å². The second-order valence-electron chi connectivity index (χ2n) is 10.1. The second-order valence-corrected chi connectivity index (χ2v) is 10.8. The van der Waals surface area contributed by atoms with Crippen LogP contribution >= 0.6 is 23.2 Å². The van der Waals surface area contributed by atoms with Crippen molar-refractivity contribution in [2.75, 3.05) is 18.0 Å². The second kappa shape index (κ2) is 7.66. The smallest absolute Gasteiger partial charge is 0.410 e. The summed E-state index contributed by atoms with van der Waals surface area (Å²) in [6.45, 7) is 8.52. The van der Waals surface area contributed by atoms with Crippen molar-refractivity contribution < 1.29 is 14.3 Å². The van der Waals surface area contributed by atoms with Crippen molar-refractivity contribution in [1.29, 1.82) is 0 Å². The molecular formula is C23H26Cl2N4O3. The number of aromatic nitrogens is 2. The topological polar surface area (TPSA) is 67.8 Å². The van der Waals surface area contributed by atoms with Crippen LogP contribution in [0.25, 0.3) is 0 Å². The highest BCUT2D eigenvalue weighted by atomic mass is 35.5. The lowest BCUT2D eigenvalue weighted by molar-refractivity contribution is -0.0345. The van der Waals surface area contributed by atoms with Gasteiger partial charge in [-0.2, -0.15) is 0 Å². The van der Waals surface area contributed by atoms with Crippen molar-refractivity contribution in [3.63, 3.8) is 0 Å². The van der Waals surface area contributed by atoms with Crippen LogP contribution in [0.1, 0.15) is 44.7 Å². The number of hydrogen-bond donors (Lipinski definition) is 0. The SMILES string of the molecule is CC(C)(C)OC(=O)N1Cc2cccc(OC3CC4(C3)CN(c3cc(Cl)nnc3Cl)C4)c2C1. The van der Waals surface area contributed by atoms with E-state index in [4.69, 9.17) is 32.7 Å². The van der Waals surface area contributed by atoms with Gasteiger partial charge in [0.05, 0.1) is 12.2 Å². The standard InChI is InChI=1S/C23H26Cl2N4O3/c1-22(2,3)32-21(30)28-10-14-5-4-6-18(16(14)11-28)31-15-8-23(9-15)12-29(13-23)17-7-19(24)26-27-20(17)25/h4-7,15H,8-13H2,1-3H3. The van der Waals surface area contributed by atoms with E-state index in [-0.39, 0.29) is 17.6 Å². The highest BCUT2D eigenvalue weighted by Gasteiger charge is 2.54. The molecule has 3 heterocycles. The Bertz CT molecular complexity index is 1060. The maximum atomic E-state index is 12.5. The summed E-state index contributed by atoms with van der Waals surface area (Å²) >= 11 is 12.2. The third-order valence-electron chi connectivity index (χ3n) is 6.30. The summed E-state index contributed by atoms with van der Waals surface area (Å²) in [5.74, 6) is 0.873. The van der Waals surface area contributed by atoms with Gasteiger partial charge in [-0.3, -0.25) is 4.90 Å². The Morgan fingerprint density at radius 2 is 1.91 bits per heavy atom. The minimum Gasteiger partial charge on any atom is -0.490 e. The fourth-order valence-electron chi connectivity index (χ4n) is 4.88. The summed E-state index contributed by atoms with van der Waals surface area (Å²) in [4.78, 5) is 16.4. The maximum absolute atomic E-state index is 12.5. The predicted molar refractivity (Wildman–Crippen MR) is 122 cm³/mol. The predicted octanol–water partition coefficient (Wildman–Crippen LogP) is 5.08. The Kier molecular flexibility index (Phi) is 5.17. The Morgan fingerprint density at radius 1 is 1.16 bits per heavy atom. The number of fused-ring (bicyclic) bond motifs is 1. The molecule has 1 aliphatic carbocycles. The van der Waals surface area contributed by atoms with E-state index < -0.39 is 5.60 Å². The molecule has 5 rings (SSSR count). The lowest BCUT2D eigenvalue weighted by Crippen LogP contribution is -2.65. The van der Waals surface area contributed by atoms with Gasteiger partial charge in [-0.25, -0.2) is 4.79 Å². The summed E-state index contributed by atoms with van der Waals surface area (Å²) < 4.78 is 11.9. The van der Waals surface area contributed by atoms with Crippen molar-refractivity contribution in [2.45, 2.75) is 58.4 Å². The van der Waals surface area contributed by atoms with Crippen LogP contribution in [0.3, 0.4) is 0 Å². The third-order valence-corrected chi connectivity index (χ3v) is 6.75. The fraction of sp³-hybridized carbons (Fsp3) is 0.522. The van der Waals surface area contributed by atoms with E-state index in [1.165, 1.54) is 0 Å². The average Bonchev–Trinajstić information content (AvgIpc) is 3.09. The molecule has 0 atom stereocenters. The molecule has 7 nitrogen and oxygen atoms in total. The summed E-state index contributed by atoms with van der Waals surface area (Å²) in [6, 6.07) is 7.81. The van der Waals surface area contributed by atoms with Crippen LogP contribution in [0, 0.1) is 5.41 Å². The number of halogens is 2. The van der Waals surface area contributed by atoms with E-state index in [1.54, 1.807) is 11.0 Å². The van der Waals surface area contributed by atoms with Crippen molar-refractivity contribution in [3.05, 3.63) is 45.7 Å². The van der Waals surface area contributed by atoms with Crippen LogP contribution in [0.15, 0.2) is 24.3 Å². The first-order chi connectivity index (χ1) is 15.1. The summed E-state index contributed by atoms with van der Waals surface area (Å²) in [5.41, 5.74) is 2.78. The molecule has 1 saturated carbocycles. The quantitative estimate of drug-likeness (QED) is 0.614. The van der Waals surface area contributed by atoms with Crippen LogP contribution in [0.4, 0.5) is 10.5 Å². The van der Waals surface area contributed by atoms with E-state index in [2.05, 4.69) is 21.2 Å². The molecule has 1 saturated heterocycles. The van der Waals surface area contributed by atoms with Crippen LogP contribution < -0.4 is 9.64 Å². The number of nitrogens with zero attached hydrogens (tertiary/aromatic N) is 4. The van der Waals surface area contributed by atoms with Gasteiger partial charge < -0.3 is 14.4 Å². The van der Waals surface area contributed by atoms with Gasteiger partial charge in [0.25, 0.3) is 0 Å². The molecule has 1 aromatic heterocycles. The van der Waals surface area contributed by atoms with Crippen LogP contribution in [0.2, 0.25) is 10.3 Å². The van der Waals surface area contributed by atoms with Crippen LogP contribution in [0.5, 0.6) is 5.75 Å². The Hall–Kier alpha value is -2.25. The minimum atomic E-state index is -0.510. The molecule has 0 bridgehead atoms. The molecule has 0 unspecified atom stereocenters. The number of carbonyl (C=O) groups excluding carboxylic acids is 1. The Balaban J connectivity index is 1.18. The third kappa shape index (κ3) is 4.08. The zero-order valence-electron chi connectivity index (χ0n) is 18.4. The van der Waals surface area contributed by atoms with Crippen molar-refractivity contribution >= 4 is 35.0 Å². The molecule has 2 aliphatic heterocycles. The van der Waals surface area contributed by atoms with Crippen molar-refractivity contribution in [1.82, 2.24) is 15.1 Å². The summed E-state index contributed by atoms with van der Waals surface area (Å²) in [6.07, 6.45) is 1.87. The molecule has 2 fully saturated rings. The molecule has 32 heavy (non-hydrogen) atoms. The lowest BCUT2D eigenvalue weighted by atomic mass is 9.61. The highest BCUT2D eigenvalue weighted by Crippen LogP contribution is 2.52. The monoisotopic (exact) mass is 476 g/mol. The largest absolute Gasteiger partial charge is 0.490 e. The number of benzene rings is 1. The van der Waals surface area contributed by atoms with Gasteiger partial charge in [0.1, 0.15) is 17.5 Å². The number of hydrogen-bond acceptors (Lipinski definition) is 6. The molecule has 0 N–H and O–H groups in total. The van der Waals surface area contributed by atoms with E-state index in [1.807, 2.05) is 32.9 Å². The normalized spacial score (nSPS) is 19.4. The zero-order chi connectivity index (χ0) is 22.7. The molecule has 3 aliphatic rings. The van der Waals surface area contributed by atoms with Gasteiger partial charge >= 0.3 is 6.09 Å². The van der Waals surface area contributed by atoms with Crippen LogP contribution in [-0.4, -0.2) is 46.0 Å². The van der Waals surface area contributed by atoms with Gasteiger partial charge in [0.2, 0.25) is 0 Å². The van der Waals surface area contributed by atoms with Gasteiger partial charge in [0.15, 0.2) is 10.3 Å². The summed E-state index contributed by atoms with van der Waals surface area (Å²) in [7, 11) is 0. The zero-order valence-corrected chi connectivity index (χ0v) is 19.9.